The molecule has 1 unspecified atom stereocenters. The molecule has 0 radical (unpaired) electrons. The molecule has 1 amide bonds. The Labute approximate surface area is 85.4 Å². The van der Waals surface area contributed by atoms with Crippen molar-refractivity contribution in [1.29, 1.82) is 0 Å². The Hall–Kier alpha value is -0.610. The monoisotopic (exact) mass is 200 g/mol. The minimum atomic E-state index is -0.312. The number of morpholine rings is 1. The van der Waals surface area contributed by atoms with Gasteiger partial charge in [0.1, 0.15) is 0 Å². The van der Waals surface area contributed by atoms with Gasteiger partial charge in [0.15, 0.2) is 0 Å². The summed E-state index contributed by atoms with van der Waals surface area (Å²) in [4.78, 5) is 13.6. The van der Waals surface area contributed by atoms with Crippen molar-refractivity contribution in [2.75, 3.05) is 26.3 Å². The predicted octanol–water partition coefficient (Wildman–Crippen LogP) is 0.363. The number of hydrogen-bond donors (Lipinski definition) is 1. The van der Waals surface area contributed by atoms with Gasteiger partial charge in [0.05, 0.1) is 19.3 Å². The van der Waals surface area contributed by atoms with E-state index in [0.717, 1.165) is 19.3 Å². The first-order valence-corrected chi connectivity index (χ1v) is 5.37. The fourth-order valence-electron chi connectivity index (χ4n) is 1.57. The Morgan fingerprint density at radius 2 is 2.14 bits per heavy atom. The van der Waals surface area contributed by atoms with Crippen LogP contribution < -0.4 is 5.73 Å². The largest absolute Gasteiger partial charge is 0.378 e. The minimum absolute atomic E-state index is 0.0850. The molecule has 14 heavy (non-hydrogen) atoms. The van der Waals surface area contributed by atoms with Crippen LogP contribution in [0.2, 0.25) is 0 Å². The summed E-state index contributed by atoms with van der Waals surface area (Å²) in [6, 6.07) is -0.312. The van der Waals surface area contributed by atoms with Crippen molar-refractivity contribution in [3.63, 3.8) is 0 Å². The summed E-state index contributed by atoms with van der Waals surface area (Å²) in [7, 11) is 0. The second kappa shape index (κ2) is 5.98. The van der Waals surface area contributed by atoms with E-state index >= 15 is 0 Å². The normalized spacial score (nSPS) is 19.4. The van der Waals surface area contributed by atoms with Gasteiger partial charge in [-0.25, -0.2) is 0 Å². The molecule has 1 aliphatic heterocycles. The van der Waals surface area contributed by atoms with Crippen LogP contribution in [0, 0.1) is 0 Å². The second-order valence-corrected chi connectivity index (χ2v) is 3.69. The van der Waals surface area contributed by atoms with Crippen LogP contribution in [0.5, 0.6) is 0 Å². The van der Waals surface area contributed by atoms with Crippen molar-refractivity contribution in [2.45, 2.75) is 32.2 Å². The molecule has 1 atom stereocenters. The lowest BCUT2D eigenvalue weighted by Gasteiger charge is -2.29. The van der Waals surface area contributed by atoms with Gasteiger partial charge in [-0.15, -0.1) is 0 Å². The Kier molecular flexibility index (Phi) is 4.90. The van der Waals surface area contributed by atoms with Crippen molar-refractivity contribution in [3.05, 3.63) is 0 Å². The van der Waals surface area contributed by atoms with Crippen LogP contribution in [-0.4, -0.2) is 43.2 Å². The number of hydrogen-bond acceptors (Lipinski definition) is 3. The fraction of sp³-hybridized carbons (Fsp3) is 0.900. The average Bonchev–Trinajstić information content (AvgIpc) is 2.26. The van der Waals surface area contributed by atoms with Gasteiger partial charge >= 0.3 is 0 Å². The highest BCUT2D eigenvalue weighted by Gasteiger charge is 2.21. The van der Waals surface area contributed by atoms with E-state index in [4.69, 9.17) is 10.5 Å². The zero-order chi connectivity index (χ0) is 10.4. The third kappa shape index (κ3) is 3.27. The van der Waals surface area contributed by atoms with E-state index < -0.39 is 0 Å². The molecule has 1 rings (SSSR count). The van der Waals surface area contributed by atoms with Gasteiger partial charge in [0.2, 0.25) is 5.91 Å². The Bertz CT molecular complexity index is 179. The van der Waals surface area contributed by atoms with Crippen LogP contribution in [0.25, 0.3) is 0 Å². The van der Waals surface area contributed by atoms with E-state index in [9.17, 15) is 4.79 Å². The maximum Gasteiger partial charge on any atom is 0.239 e. The lowest BCUT2D eigenvalue weighted by Crippen LogP contribution is -2.48. The Balaban J connectivity index is 2.30. The topological polar surface area (TPSA) is 55.6 Å². The van der Waals surface area contributed by atoms with Gasteiger partial charge in [-0.2, -0.15) is 0 Å². The summed E-state index contributed by atoms with van der Waals surface area (Å²) in [6.07, 6.45) is 2.91. The van der Waals surface area contributed by atoms with E-state index in [1.54, 1.807) is 0 Å². The number of rotatable bonds is 4. The molecule has 4 heteroatoms. The molecule has 1 saturated heterocycles. The molecule has 0 aromatic rings. The summed E-state index contributed by atoms with van der Waals surface area (Å²) in [6.45, 7) is 4.78. The van der Waals surface area contributed by atoms with E-state index in [1.165, 1.54) is 0 Å². The number of carbonyl (C=O) groups is 1. The highest BCUT2D eigenvalue weighted by molar-refractivity contribution is 5.81. The Morgan fingerprint density at radius 3 is 2.71 bits per heavy atom. The molecule has 0 aliphatic carbocycles. The third-order valence-electron chi connectivity index (χ3n) is 2.51. The van der Waals surface area contributed by atoms with Crippen LogP contribution in [0.15, 0.2) is 0 Å². The summed E-state index contributed by atoms with van der Waals surface area (Å²) >= 11 is 0. The minimum Gasteiger partial charge on any atom is -0.378 e. The zero-order valence-corrected chi connectivity index (χ0v) is 8.87. The predicted molar refractivity (Wildman–Crippen MR) is 54.9 cm³/mol. The average molecular weight is 200 g/mol. The smallest absolute Gasteiger partial charge is 0.239 e. The first-order chi connectivity index (χ1) is 6.75. The van der Waals surface area contributed by atoms with Gasteiger partial charge in [-0.1, -0.05) is 19.8 Å². The highest BCUT2D eigenvalue weighted by Crippen LogP contribution is 2.04. The molecule has 2 N–H and O–H groups in total. The molecule has 82 valence electrons. The lowest BCUT2D eigenvalue weighted by atomic mass is 10.1. The molecule has 1 fully saturated rings. The van der Waals surface area contributed by atoms with E-state index in [2.05, 4.69) is 6.92 Å². The first kappa shape index (κ1) is 11.5. The number of carbonyl (C=O) groups excluding carboxylic acids is 1. The molecule has 0 bridgehead atoms. The number of nitrogens with zero attached hydrogens (tertiary/aromatic N) is 1. The first-order valence-electron chi connectivity index (χ1n) is 5.37. The summed E-state index contributed by atoms with van der Waals surface area (Å²) in [5.74, 6) is 0.0850. The molecular formula is C10H20N2O2. The molecule has 0 aromatic heterocycles. The molecule has 4 nitrogen and oxygen atoms in total. The van der Waals surface area contributed by atoms with Gasteiger partial charge in [-0.05, 0) is 6.42 Å². The van der Waals surface area contributed by atoms with Crippen molar-refractivity contribution in [1.82, 2.24) is 4.90 Å². The van der Waals surface area contributed by atoms with Crippen LogP contribution >= 0.6 is 0 Å². The molecule has 1 aliphatic rings. The van der Waals surface area contributed by atoms with Crippen molar-refractivity contribution >= 4 is 5.91 Å². The standard InChI is InChI=1S/C10H20N2O2/c1-2-3-4-9(11)10(13)12-5-7-14-8-6-12/h9H,2-8,11H2,1H3. The number of nitrogens with two attached hydrogens (primary N) is 1. The Morgan fingerprint density at radius 1 is 1.50 bits per heavy atom. The molecular weight excluding hydrogens is 180 g/mol. The van der Waals surface area contributed by atoms with Crippen LogP contribution in [0.4, 0.5) is 0 Å². The number of unbranched alkanes of at least 4 members (excludes halogenated alkanes) is 1. The maximum atomic E-state index is 11.7. The van der Waals surface area contributed by atoms with Crippen molar-refractivity contribution < 1.29 is 9.53 Å². The summed E-state index contributed by atoms with van der Waals surface area (Å²) in [5.41, 5.74) is 5.80. The van der Waals surface area contributed by atoms with Crippen molar-refractivity contribution in [3.8, 4) is 0 Å². The lowest BCUT2D eigenvalue weighted by molar-refractivity contribution is -0.136. The molecule has 0 aromatic carbocycles. The second-order valence-electron chi connectivity index (χ2n) is 3.69. The molecule has 0 saturated carbocycles. The highest BCUT2D eigenvalue weighted by atomic mass is 16.5. The van der Waals surface area contributed by atoms with Gasteiger partial charge in [-0.3, -0.25) is 4.79 Å². The van der Waals surface area contributed by atoms with Crippen LogP contribution in [-0.2, 0) is 9.53 Å². The zero-order valence-electron chi connectivity index (χ0n) is 8.87. The summed E-state index contributed by atoms with van der Waals surface area (Å²) < 4.78 is 5.18. The van der Waals surface area contributed by atoms with E-state index in [1.807, 2.05) is 4.90 Å². The van der Waals surface area contributed by atoms with E-state index in [-0.39, 0.29) is 11.9 Å². The van der Waals surface area contributed by atoms with Gasteiger partial charge < -0.3 is 15.4 Å². The maximum absolute atomic E-state index is 11.7. The fourth-order valence-corrected chi connectivity index (χ4v) is 1.57. The number of ether oxygens (including phenoxy) is 1. The molecule has 1 heterocycles. The molecule has 0 spiro atoms. The SMILES string of the molecule is CCCCC(N)C(=O)N1CCOCC1. The van der Waals surface area contributed by atoms with Crippen LogP contribution in [0.3, 0.4) is 0 Å². The number of amides is 1. The van der Waals surface area contributed by atoms with Gasteiger partial charge in [0.25, 0.3) is 0 Å². The van der Waals surface area contributed by atoms with Gasteiger partial charge in [0, 0.05) is 13.1 Å². The quantitative estimate of drug-likeness (QED) is 0.713. The van der Waals surface area contributed by atoms with Crippen molar-refractivity contribution in [2.24, 2.45) is 5.73 Å². The van der Waals surface area contributed by atoms with E-state index in [0.29, 0.717) is 26.3 Å². The van der Waals surface area contributed by atoms with Crippen LogP contribution in [0.1, 0.15) is 26.2 Å². The third-order valence-corrected chi connectivity index (χ3v) is 2.51. The summed E-state index contributed by atoms with van der Waals surface area (Å²) in [5, 5.41) is 0.